The fraction of sp³-hybridized carbons (Fsp3) is 0.409. The molecule has 0 bridgehead atoms. The molecule has 2 heterocycles. The summed E-state index contributed by atoms with van der Waals surface area (Å²) in [6, 6.07) is 7.49. The third-order valence-corrected chi connectivity index (χ3v) is 5.09. The van der Waals surface area contributed by atoms with Crippen LogP contribution in [0.25, 0.3) is 0 Å². The predicted molar refractivity (Wildman–Crippen MR) is 110 cm³/mol. The Morgan fingerprint density at radius 1 is 1.14 bits per heavy atom. The van der Waals surface area contributed by atoms with Crippen LogP contribution >= 0.6 is 0 Å². The summed E-state index contributed by atoms with van der Waals surface area (Å²) in [4.78, 5) is 21.3. The first kappa shape index (κ1) is 19.2. The van der Waals surface area contributed by atoms with E-state index >= 15 is 0 Å². The van der Waals surface area contributed by atoms with Crippen LogP contribution in [0.3, 0.4) is 0 Å². The lowest BCUT2D eigenvalue weighted by atomic mass is 9.97. The minimum Gasteiger partial charge on any atom is -0.454 e. The summed E-state index contributed by atoms with van der Waals surface area (Å²) in [5.41, 5.74) is 3.59. The number of carbonyl (C=O) groups excluding carboxylic acids is 1. The van der Waals surface area contributed by atoms with E-state index in [0.717, 1.165) is 42.0 Å². The number of nitrogens with one attached hydrogen (secondary N) is 2. The summed E-state index contributed by atoms with van der Waals surface area (Å²) >= 11 is 0. The van der Waals surface area contributed by atoms with Crippen LogP contribution in [-0.2, 0) is 6.54 Å². The fourth-order valence-corrected chi connectivity index (χ4v) is 3.55. The molecule has 0 saturated heterocycles. The smallest absolute Gasteiger partial charge is 0.270 e. The number of aromatic nitrogens is 2. The van der Waals surface area contributed by atoms with Crippen LogP contribution in [0.1, 0.15) is 53.8 Å². The molecule has 0 fully saturated rings. The van der Waals surface area contributed by atoms with Gasteiger partial charge < -0.3 is 20.1 Å². The molecule has 0 unspecified atom stereocenters. The molecule has 7 heteroatoms. The van der Waals surface area contributed by atoms with Crippen molar-refractivity contribution in [2.45, 2.75) is 45.6 Å². The van der Waals surface area contributed by atoms with Crippen LogP contribution in [-0.4, -0.2) is 29.2 Å². The first-order chi connectivity index (χ1) is 14.2. The standard InChI is InChI=1S/C22H26N4O3/c1-15-11-18(21(27)23-10-9-16-5-3-2-4-6-16)26-22(25-15)24-13-17-7-8-19-20(12-17)29-14-28-19/h5,7-8,11-12H,2-4,6,9-10,13-14H2,1H3,(H,23,27)(H,24,25,26). The zero-order valence-electron chi connectivity index (χ0n) is 16.7. The van der Waals surface area contributed by atoms with Crippen molar-refractivity contribution in [1.82, 2.24) is 15.3 Å². The summed E-state index contributed by atoms with van der Waals surface area (Å²) in [6.45, 7) is 3.27. The average Bonchev–Trinajstić information content (AvgIpc) is 3.20. The number of hydrogen-bond donors (Lipinski definition) is 2. The van der Waals surface area contributed by atoms with Crippen molar-refractivity contribution in [2.75, 3.05) is 18.7 Å². The number of anilines is 1. The maximum atomic E-state index is 12.5. The van der Waals surface area contributed by atoms with Gasteiger partial charge in [-0.05, 0) is 62.8 Å². The molecule has 152 valence electrons. The fourth-order valence-electron chi connectivity index (χ4n) is 3.55. The Morgan fingerprint density at radius 2 is 2.03 bits per heavy atom. The highest BCUT2D eigenvalue weighted by molar-refractivity contribution is 5.92. The van der Waals surface area contributed by atoms with E-state index in [0.29, 0.717) is 24.7 Å². The maximum Gasteiger partial charge on any atom is 0.270 e. The van der Waals surface area contributed by atoms with E-state index in [1.54, 1.807) is 6.07 Å². The number of hydrogen-bond acceptors (Lipinski definition) is 6. The Balaban J connectivity index is 1.34. The second-order valence-electron chi connectivity index (χ2n) is 7.37. The van der Waals surface area contributed by atoms with Gasteiger partial charge in [0, 0.05) is 18.8 Å². The van der Waals surface area contributed by atoms with Crippen LogP contribution in [0, 0.1) is 6.92 Å². The Labute approximate surface area is 170 Å². The monoisotopic (exact) mass is 394 g/mol. The molecule has 1 aliphatic heterocycles. The number of ether oxygens (including phenoxy) is 2. The van der Waals surface area contributed by atoms with E-state index in [1.807, 2.05) is 25.1 Å². The molecule has 0 saturated carbocycles. The number of rotatable bonds is 7. The second kappa shape index (κ2) is 8.94. The molecule has 1 amide bonds. The summed E-state index contributed by atoms with van der Waals surface area (Å²) < 4.78 is 10.7. The maximum absolute atomic E-state index is 12.5. The van der Waals surface area contributed by atoms with Crippen molar-refractivity contribution in [3.05, 3.63) is 52.9 Å². The number of carbonyl (C=O) groups is 1. The van der Waals surface area contributed by atoms with Crippen molar-refractivity contribution in [1.29, 1.82) is 0 Å². The lowest BCUT2D eigenvalue weighted by Crippen LogP contribution is -2.26. The van der Waals surface area contributed by atoms with Crippen LogP contribution in [0.2, 0.25) is 0 Å². The minimum absolute atomic E-state index is 0.168. The molecular weight excluding hydrogens is 368 g/mol. The zero-order chi connectivity index (χ0) is 20.1. The first-order valence-corrected chi connectivity index (χ1v) is 10.1. The van der Waals surface area contributed by atoms with E-state index in [-0.39, 0.29) is 12.7 Å². The summed E-state index contributed by atoms with van der Waals surface area (Å²) in [5, 5.41) is 6.16. The second-order valence-corrected chi connectivity index (χ2v) is 7.37. The van der Waals surface area contributed by atoms with Gasteiger partial charge in [0.2, 0.25) is 12.7 Å². The van der Waals surface area contributed by atoms with Gasteiger partial charge in [0.1, 0.15) is 5.69 Å². The van der Waals surface area contributed by atoms with E-state index in [2.05, 4.69) is 26.7 Å². The Bertz CT molecular complexity index is 926. The third-order valence-electron chi connectivity index (χ3n) is 5.09. The first-order valence-electron chi connectivity index (χ1n) is 10.1. The van der Waals surface area contributed by atoms with Crippen LogP contribution in [0.5, 0.6) is 11.5 Å². The molecule has 2 N–H and O–H groups in total. The van der Waals surface area contributed by atoms with Crippen LogP contribution in [0.15, 0.2) is 35.9 Å². The molecule has 7 nitrogen and oxygen atoms in total. The van der Waals surface area contributed by atoms with Crippen LogP contribution < -0.4 is 20.1 Å². The van der Waals surface area contributed by atoms with Gasteiger partial charge >= 0.3 is 0 Å². The number of nitrogens with zero attached hydrogens (tertiary/aromatic N) is 2. The molecule has 29 heavy (non-hydrogen) atoms. The van der Waals surface area contributed by atoms with Gasteiger partial charge in [-0.1, -0.05) is 17.7 Å². The van der Waals surface area contributed by atoms with E-state index in [9.17, 15) is 4.79 Å². The molecular formula is C22H26N4O3. The molecule has 0 radical (unpaired) electrons. The largest absolute Gasteiger partial charge is 0.454 e. The van der Waals surface area contributed by atoms with Crippen molar-refractivity contribution in [3.63, 3.8) is 0 Å². The van der Waals surface area contributed by atoms with Gasteiger partial charge in [0.05, 0.1) is 0 Å². The average molecular weight is 394 g/mol. The molecule has 2 aliphatic rings. The highest BCUT2D eigenvalue weighted by Gasteiger charge is 2.14. The van der Waals surface area contributed by atoms with Gasteiger partial charge in [-0.3, -0.25) is 4.79 Å². The number of fused-ring (bicyclic) bond motifs is 1. The summed E-state index contributed by atoms with van der Waals surface area (Å²) in [7, 11) is 0. The third kappa shape index (κ3) is 5.04. The Morgan fingerprint density at radius 3 is 2.90 bits per heavy atom. The van der Waals surface area contributed by atoms with Crippen molar-refractivity contribution >= 4 is 11.9 Å². The van der Waals surface area contributed by atoms with Gasteiger partial charge in [0.15, 0.2) is 11.5 Å². The number of allylic oxidation sites excluding steroid dienone is 1. The van der Waals surface area contributed by atoms with Crippen molar-refractivity contribution in [2.24, 2.45) is 0 Å². The number of amides is 1. The van der Waals surface area contributed by atoms with Gasteiger partial charge in [-0.2, -0.15) is 0 Å². The van der Waals surface area contributed by atoms with Gasteiger partial charge in [-0.15, -0.1) is 0 Å². The topological polar surface area (TPSA) is 85.4 Å². The number of benzene rings is 1. The van der Waals surface area contributed by atoms with E-state index < -0.39 is 0 Å². The van der Waals surface area contributed by atoms with Crippen LogP contribution in [0.4, 0.5) is 5.95 Å². The highest BCUT2D eigenvalue weighted by atomic mass is 16.7. The van der Waals surface area contributed by atoms with Gasteiger partial charge in [0.25, 0.3) is 5.91 Å². The molecule has 2 aromatic rings. The normalized spacial score (nSPS) is 15.0. The predicted octanol–water partition coefficient (Wildman–Crippen LogP) is 3.75. The summed E-state index contributed by atoms with van der Waals surface area (Å²) in [6.07, 6.45) is 8.05. The van der Waals surface area contributed by atoms with E-state index in [1.165, 1.54) is 18.4 Å². The summed E-state index contributed by atoms with van der Waals surface area (Å²) in [5.74, 6) is 1.76. The molecule has 1 aromatic carbocycles. The molecule has 0 spiro atoms. The zero-order valence-corrected chi connectivity index (χ0v) is 16.7. The Hall–Kier alpha value is -3.09. The van der Waals surface area contributed by atoms with Gasteiger partial charge in [-0.25, -0.2) is 9.97 Å². The molecule has 1 aliphatic carbocycles. The SMILES string of the molecule is Cc1cc(C(=O)NCCC2=CCCCC2)nc(NCc2ccc3c(c2)OCO3)n1. The minimum atomic E-state index is -0.168. The van der Waals surface area contributed by atoms with Crippen molar-refractivity contribution in [3.8, 4) is 11.5 Å². The lowest BCUT2D eigenvalue weighted by molar-refractivity contribution is 0.0949. The van der Waals surface area contributed by atoms with Crippen molar-refractivity contribution < 1.29 is 14.3 Å². The quantitative estimate of drug-likeness (QED) is 0.696. The molecule has 4 rings (SSSR count). The number of aryl methyl sites for hydroxylation is 1. The molecule has 1 aromatic heterocycles. The highest BCUT2D eigenvalue weighted by Crippen LogP contribution is 2.32. The lowest BCUT2D eigenvalue weighted by Gasteiger charge is -2.13. The van der Waals surface area contributed by atoms with E-state index in [4.69, 9.17) is 9.47 Å². The Kier molecular flexibility index (Phi) is 5.93. The molecule has 0 atom stereocenters.